The van der Waals surface area contributed by atoms with Crippen molar-refractivity contribution in [3.05, 3.63) is 48.6 Å². The van der Waals surface area contributed by atoms with E-state index in [0.717, 1.165) is 44.9 Å². The lowest BCUT2D eigenvalue weighted by molar-refractivity contribution is -0.137. The summed E-state index contributed by atoms with van der Waals surface area (Å²) < 4.78 is 0. The van der Waals surface area contributed by atoms with E-state index in [2.05, 4.69) is 55.5 Å². The van der Waals surface area contributed by atoms with Crippen molar-refractivity contribution in [1.29, 1.82) is 0 Å². The van der Waals surface area contributed by atoms with Gasteiger partial charge in [-0.2, -0.15) is 0 Å². The molecule has 0 rings (SSSR count). The first-order chi connectivity index (χ1) is 11.8. The molecule has 136 valence electrons. The Morgan fingerprint density at radius 1 is 0.708 bits per heavy atom. The van der Waals surface area contributed by atoms with Gasteiger partial charge in [-0.25, -0.2) is 0 Å². The number of hydrogen-bond donors (Lipinski definition) is 1. The fraction of sp³-hybridized carbons (Fsp3) is 0.591. The van der Waals surface area contributed by atoms with Crippen LogP contribution in [0, 0.1) is 0 Å². The van der Waals surface area contributed by atoms with Crippen molar-refractivity contribution in [1.82, 2.24) is 0 Å². The number of hydrogen-bond acceptors (Lipinski definition) is 1. The summed E-state index contributed by atoms with van der Waals surface area (Å²) in [4.78, 5) is 10.4. The van der Waals surface area contributed by atoms with Crippen LogP contribution in [0.2, 0.25) is 0 Å². The molecule has 0 aromatic carbocycles. The first-order valence-electron chi connectivity index (χ1n) is 9.60. The maximum absolute atomic E-state index is 10.4. The largest absolute Gasteiger partial charge is 0.481 e. The van der Waals surface area contributed by atoms with Gasteiger partial charge in [0.2, 0.25) is 0 Å². The summed E-state index contributed by atoms with van der Waals surface area (Å²) in [5.41, 5.74) is 0. The zero-order valence-electron chi connectivity index (χ0n) is 15.5. The molecule has 0 aliphatic heterocycles. The molecule has 0 spiro atoms. The second kappa shape index (κ2) is 19.5. The van der Waals surface area contributed by atoms with Crippen LogP contribution in [0.1, 0.15) is 84.0 Å². The summed E-state index contributed by atoms with van der Waals surface area (Å²) in [5.74, 6) is -0.686. The Labute approximate surface area is 149 Å². The SMILES string of the molecule is CCCCCC=CCC=CC=CCCC=CCCCCCC(=O)O. The number of aliphatic carboxylic acids is 1. The minimum atomic E-state index is -0.686. The molecule has 0 saturated heterocycles. The van der Waals surface area contributed by atoms with Crippen molar-refractivity contribution >= 4 is 5.97 Å². The normalized spacial score (nSPS) is 12.4. The van der Waals surface area contributed by atoms with Gasteiger partial charge in [-0.3, -0.25) is 4.79 Å². The van der Waals surface area contributed by atoms with Crippen molar-refractivity contribution in [2.45, 2.75) is 84.0 Å². The number of carboxylic acid groups (broad SMARTS) is 1. The Balaban J connectivity index is 3.37. The zero-order chi connectivity index (χ0) is 17.7. The van der Waals surface area contributed by atoms with Crippen LogP contribution in [0.25, 0.3) is 0 Å². The van der Waals surface area contributed by atoms with Gasteiger partial charge in [0.25, 0.3) is 0 Å². The van der Waals surface area contributed by atoms with Gasteiger partial charge in [-0.1, -0.05) is 74.8 Å². The first kappa shape index (κ1) is 22.4. The number of rotatable bonds is 16. The highest BCUT2D eigenvalue weighted by molar-refractivity contribution is 5.66. The molecule has 2 heteroatoms. The molecule has 0 aromatic heterocycles. The predicted octanol–water partition coefficient (Wildman–Crippen LogP) is 7.00. The van der Waals surface area contributed by atoms with Crippen LogP contribution in [0.4, 0.5) is 0 Å². The molecule has 0 heterocycles. The monoisotopic (exact) mass is 332 g/mol. The number of carbonyl (C=O) groups is 1. The fourth-order valence-corrected chi connectivity index (χ4v) is 2.28. The predicted molar refractivity (Wildman–Crippen MR) is 105 cm³/mol. The summed E-state index contributed by atoms with van der Waals surface area (Å²) in [6, 6.07) is 0. The molecular weight excluding hydrogens is 296 g/mol. The second-order valence-corrected chi connectivity index (χ2v) is 6.10. The zero-order valence-corrected chi connectivity index (χ0v) is 15.5. The van der Waals surface area contributed by atoms with E-state index in [1.165, 1.54) is 25.7 Å². The van der Waals surface area contributed by atoms with Crippen LogP contribution in [0.5, 0.6) is 0 Å². The van der Waals surface area contributed by atoms with Crippen LogP contribution in [0.15, 0.2) is 48.6 Å². The van der Waals surface area contributed by atoms with Gasteiger partial charge in [0.15, 0.2) is 0 Å². The summed E-state index contributed by atoms with van der Waals surface area (Å²) in [6.45, 7) is 2.24. The van der Waals surface area contributed by atoms with Crippen molar-refractivity contribution in [2.24, 2.45) is 0 Å². The van der Waals surface area contributed by atoms with Crippen molar-refractivity contribution in [3.8, 4) is 0 Å². The van der Waals surface area contributed by atoms with E-state index >= 15 is 0 Å². The molecule has 0 unspecified atom stereocenters. The summed E-state index contributed by atoms with van der Waals surface area (Å²) in [7, 11) is 0. The smallest absolute Gasteiger partial charge is 0.303 e. The standard InChI is InChI=1S/C22H36O2/c1-2-3-4-5-6-7-8-9-10-11-12-13-14-15-16-17-18-19-20-21-22(23)24/h6-7,9-12,15-16H,2-5,8,13-14,17-21H2,1H3,(H,23,24). The Bertz CT molecular complexity index is 389. The Kier molecular flexibility index (Phi) is 18.2. The molecule has 0 fully saturated rings. The van der Waals surface area contributed by atoms with E-state index in [-0.39, 0.29) is 0 Å². The van der Waals surface area contributed by atoms with E-state index in [9.17, 15) is 4.79 Å². The van der Waals surface area contributed by atoms with Crippen molar-refractivity contribution in [2.75, 3.05) is 0 Å². The maximum atomic E-state index is 10.4. The number of carboxylic acids is 1. The highest BCUT2D eigenvalue weighted by Gasteiger charge is 1.94. The average Bonchev–Trinajstić information content (AvgIpc) is 2.56. The van der Waals surface area contributed by atoms with E-state index in [0.29, 0.717) is 6.42 Å². The highest BCUT2D eigenvalue weighted by atomic mass is 16.4. The third kappa shape index (κ3) is 20.4. The minimum Gasteiger partial charge on any atom is -0.481 e. The lowest BCUT2D eigenvalue weighted by Crippen LogP contribution is -1.93. The highest BCUT2D eigenvalue weighted by Crippen LogP contribution is 2.04. The number of unbranched alkanes of at least 4 members (excludes halogenated alkanes) is 7. The van der Waals surface area contributed by atoms with E-state index < -0.39 is 5.97 Å². The molecule has 0 saturated carbocycles. The number of allylic oxidation sites excluding steroid dienone is 8. The van der Waals surface area contributed by atoms with E-state index in [1.807, 2.05) is 0 Å². The van der Waals surface area contributed by atoms with Crippen molar-refractivity contribution in [3.63, 3.8) is 0 Å². The van der Waals surface area contributed by atoms with Crippen LogP contribution in [0.3, 0.4) is 0 Å². The van der Waals surface area contributed by atoms with Gasteiger partial charge in [0, 0.05) is 6.42 Å². The van der Waals surface area contributed by atoms with Gasteiger partial charge < -0.3 is 5.11 Å². The van der Waals surface area contributed by atoms with Crippen LogP contribution < -0.4 is 0 Å². The van der Waals surface area contributed by atoms with Crippen LogP contribution >= 0.6 is 0 Å². The molecule has 1 N–H and O–H groups in total. The Hall–Kier alpha value is -1.57. The molecule has 0 aliphatic rings. The lowest BCUT2D eigenvalue weighted by atomic mass is 10.1. The first-order valence-corrected chi connectivity index (χ1v) is 9.60. The van der Waals surface area contributed by atoms with Gasteiger partial charge in [0.1, 0.15) is 0 Å². The molecule has 0 atom stereocenters. The van der Waals surface area contributed by atoms with Gasteiger partial charge in [-0.15, -0.1) is 0 Å². The molecule has 0 amide bonds. The topological polar surface area (TPSA) is 37.3 Å². The maximum Gasteiger partial charge on any atom is 0.303 e. The molecular formula is C22H36O2. The summed E-state index contributed by atoms with van der Waals surface area (Å²) >= 11 is 0. The fourth-order valence-electron chi connectivity index (χ4n) is 2.28. The van der Waals surface area contributed by atoms with Gasteiger partial charge in [-0.05, 0) is 51.4 Å². The Morgan fingerprint density at radius 3 is 2.08 bits per heavy atom. The Morgan fingerprint density at radius 2 is 1.33 bits per heavy atom. The minimum absolute atomic E-state index is 0.302. The third-order valence-corrected chi connectivity index (χ3v) is 3.72. The van der Waals surface area contributed by atoms with E-state index in [1.54, 1.807) is 0 Å². The molecule has 0 aromatic rings. The van der Waals surface area contributed by atoms with Crippen LogP contribution in [-0.4, -0.2) is 11.1 Å². The molecule has 24 heavy (non-hydrogen) atoms. The lowest BCUT2D eigenvalue weighted by Gasteiger charge is -1.95. The molecule has 0 bridgehead atoms. The van der Waals surface area contributed by atoms with Crippen LogP contribution in [-0.2, 0) is 4.79 Å². The second-order valence-electron chi connectivity index (χ2n) is 6.10. The third-order valence-electron chi connectivity index (χ3n) is 3.72. The molecule has 0 radical (unpaired) electrons. The summed E-state index contributed by atoms with van der Waals surface area (Å²) in [5, 5.41) is 8.53. The molecule has 0 aliphatic carbocycles. The quantitative estimate of drug-likeness (QED) is 0.188. The summed E-state index contributed by atoms with van der Waals surface area (Å²) in [6.07, 6.45) is 30.2. The van der Waals surface area contributed by atoms with Gasteiger partial charge >= 0.3 is 5.97 Å². The molecule has 2 nitrogen and oxygen atoms in total. The van der Waals surface area contributed by atoms with E-state index in [4.69, 9.17) is 5.11 Å². The average molecular weight is 333 g/mol. The van der Waals surface area contributed by atoms with Crippen molar-refractivity contribution < 1.29 is 9.90 Å². The van der Waals surface area contributed by atoms with Gasteiger partial charge in [0.05, 0.1) is 0 Å².